The van der Waals surface area contributed by atoms with E-state index in [0.717, 1.165) is 50.2 Å². The topological polar surface area (TPSA) is 43.6 Å². The minimum absolute atomic E-state index is 0.353. The lowest BCUT2D eigenvalue weighted by atomic mass is 9.93. The van der Waals surface area contributed by atoms with Crippen LogP contribution in [0.3, 0.4) is 0 Å². The highest BCUT2D eigenvalue weighted by atomic mass is 19.4. The normalized spacial score (nSPS) is 11.8. The van der Waals surface area contributed by atoms with Crippen molar-refractivity contribution in [3.05, 3.63) is 180 Å². The minimum atomic E-state index is -4.53. The molecule has 0 unspecified atom stereocenters. The van der Waals surface area contributed by atoms with Crippen LogP contribution in [-0.4, -0.2) is 19.5 Å². The van der Waals surface area contributed by atoms with Crippen molar-refractivity contribution in [2.45, 2.75) is 26.9 Å². The number of rotatable bonds is 6. The molecule has 2 aromatic heterocycles. The quantitative estimate of drug-likeness (QED) is 0.171. The van der Waals surface area contributed by atoms with Crippen LogP contribution in [0.25, 0.3) is 83.9 Å². The maximum atomic E-state index is 14.3. The molecule has 0 saturated heterocycles. The van der Waals surface area contributed by atoms with Crippen LogP contribution in [0.2, 0.25) is 0 Å². The summed E-state index contributed by atoms with van der Waals surface area (Å²) in [5.74, 6) is 1.28. The summed E-state index contributed by atoms with van der Waals surface area (Å²) in [6.07, 6.45) is -4.53. The Morgan fingerprint density at radius 1 is 0.446 bits per heavy atom. The summed E-state index contributed by atoms with van der Waals surface area (Å²) in [6, 6.07) is 49.8. The number of alkyl halides is 3. The first-order valence-corrected chi connectivity index (χ1v) is 18.4. The number of fused-ring (bicyclic) bond motifs is 3. The molecule has 0 aliphatic rings. The van der Waals surface area contributed by atoms with Crippen molar-refractivity contribution in [2.75, 3.05) is 0 Å². The van der Waals surface area contributed by atoms with Crippen LogP contribution in [0.1, 0.15) is 22.3 Å². The van der Waals surface area contributed by atoms with Crippen molar-refractivity contribution in [3.63, 3.8) is 0 Å². The molecule has 0 spiro atoms. The second-order valence-corrected chi connectivity index (χ2v) is 14.2. The maximum Gasteiger partial charge on any atom is 0.416 e. The average Bonchev–Trinajstić information content (AvgIpc) is 3.54. The first-order chi connectivity index (χ1) is 27.1. The zero-order chi connectivity index (χ0) is 38.6. The number of para-hydroxylation sites is 1. The van der Waals surface area contributed by atoms with E-state index in [-0.39, 0.29) is 0 Å². The molecule has 0 amide bonds. The van der Waals surface area contributed by atoms with Crippen molar-refractivity contribution in [1.82, 2.24) is 19.5 Å². The molecule has 0 aliphatic heterocycles. The van der Waals surface area contributed by atoms with E-state index in [1.165, 1.54) is 34.4 Å². The summed E-state index contributed by atoms with van der Waals surface area (Å²) in [4.78, 5) is 14.8. The zero-order valence-electron chi connectivity index (χ0n) is 30.9. The van der Waals surface area contributed by atoms with E-state index < -0.39 is 11.7 Å². The van der Waals surface area contributed by atoms with Gasteiger partial charge in [0.25, 0.3) is 0 Å². The molecule has 4 nitrogen and oxygen atoms in total. The van der Waals surface area contributed by atoms with Crippen molar-refractivity contribution < 1.29 is 13.2 Å². The van der Waals surface area contributed by atoms with Crippen LogP contribution < -0.4 is 0 Å². The Balaban J connectivity index is 1.32. The summed E-state index contributed by atoms with van der Waals surface area (Å²) in [5.41, 5.74) is 11.1. The van der Waals surface area contributed by atoms with Crippen LogP contribution in [0.4, 0.5) is 13.2 Å². The van der Waals surface area contributed by atoms with E-state index in [9.17, 15) is 13.2 Å². The Hall–Kier alpha value is -6.86. The Bertz CT molecular complexity index is 2850. The predicted molar refractivity (Wildman–Crippen MR) is 221 cm³/mol. The third-order valence-corrected chi connectivity index (χ3v) is 10.3. The predicted octanol–water partition coefficient (Wildman–Crippen LogP) is 13.2. The average molecular weight is 737 g/mol. The lowest BCUT2D eigenvalue weighted by molar-refractivity contribution is -0.137. The van der Waals surface area contributed by atoms with Gasteiger partial charge in [-0.2, -0.15) is 13.2 Å². The summed E-state index contributed by atoms with van der Waals surface area (Å²) in [5, 5.41) is 2.16. The van der Waals surface area contributed by atoms with Crippen LogP contribution in [0, 0.1) is 20.8 Å². The number of hydrogen-bond acceptors (Lipinski definition) is 3. The highest BCUT2D eigenvalue weighted by Gasteiger charge is 2.31. The second kappa shape index (κ2) is 13.8. The maximum absolute atomic E-state index is 14.3. The third-order valence-electron chi connectivity index (χ3n) is 10.3. The van der Waals surface area contributed by atoms with E-state index >= 15 is 0 Å². The fourth-order valence-electron chi connectivity index (χ4n) is 7.94. The Morgan fingerprint density at radius 2 is 1.04 bits per heavy atom. The summed E-state index contributed by atoms with van der Waals surface area (Å²) in [7, 11) is 0. The van der Waals surface area contributed by atoms with Crippen LogP contribution >= 0.6 is 0 Å². The number of aromatic nitrogens is 4. The van der Waals surface area contributed by atoms with Crippen molar-refractivity contribution in [2.24, 2.45) is 0 Å². The molecular formula is C49H35F3N4. The molecule has 0 radical (unpaired) electrons. The van der Waals surface area contributed by atoms with Gasteiger partial charge >= 0.3 is 6.18 Å². The molecule has 0 aliphatic carbocycles. The highest BCUT2D eigenvalue weighted by molar-refractivity contribution is 6.10. The molecule has 7 aromatic carbocycles. The van der Waals surface area contributed by atoms with Crippen molar-refractivity contribution in [1.29, 1.82) is 0 Å². The lowest BCUT2D eigenvalue weighted by Crippen LogP contribution is -2.05. The van der Waals surface area contributed by atoms with Crippen LogP contribution in [-0.2, 0) is 6.18 Å². The SMILES string of the molecule is Cc1cc(C)c(-c2ccc3c4ccccc4n(-c4ccc(-c5nc(-c6ccccc6)nc(-c6ccccc6)n5)c(-c5cccc(C(F)(F)F)c5)c4)c3c2)c(C)c1. The molecule has 0 saturated carbocycles. The van der Waals surface area contributed by atoms with Gasteiger partial charge < -0.3 is 4.57 Å². The monoisotopic (exact) mass is 736 g/mol. The van der Waals surface area contributed by atoms with E-state index in [4.69, 9.17) is 15.0 Å². The standard InChI is InChI=1S/C49H35F3N4/c1-30-25-31(2)45(32(3)26-30)36-21-23-40-39-19-10-11-20-43(39)56(44(40)28-36)38-22-24-41(42(29-38)35-17-12-18-37(27-35)49(50,51)52)48-54-46(33-13-6-4-7-14-33)53-47(55-48)34-15-8-5-9-16-34/h4-29H,1-3H3. The molecule has 9 aromatic rings. The van der Waals surface area contributed by atoms with Crippen molar-refractivity contribution in [3.8, 4) is 62.1 Å². The molecule has 272 valence electrons. The molecule has 56 heavy (non-hydrogen) atoms. The fraction of sp³-hybridized carbons (Fsp3) is 0.0816. The number of nitrogens with zero attached hydrogens (tertiary/aromatic N) is 4. The molecule has 0 fully saturated rings. The van der Waals surface area contributed by atoms with Crippen LogP contribution in [0.15, 0.2) is 158 Å². The Labute approximate surface area is 322 Å². The number of aryl methyl sites for hydroxylation is 3. The number of hydrogen-bond donors (Lipinski definition) is 0. The smallest absolute Gasteiger partial charge is 0.309 e. The van der Waals surface area contributed by atoms with Gasteiger partial charge in [-0.25, -0.2) is 15.0 Å². The first-order valence-electron chi connectivity index (χ1n) is 18.4. The fourth-order valence-corrected chi connectivity index (χ4v) is 7.94. The van der Waals surface area contributed by atoms with Crippen LogP contribution in [0.5, 0.6) is 0 Å². The zero-order valence-corrected chi connectivity index (χ0v) is 30.9. The summed E-state index contributed by atoms with van der Waals surface area (Å²) in [6.45, 7) is 6.39. The number of halogens is 3. The van der Waals surface area contributed by atoms with E-state index in [0.29, 0.717) is 34.2 Å². The Morgan fingerprint density at radius 3 is 1.70 bits per heavy atom. The van der Waals surface area contributed by atoms with Gasteiger partial charge in [-0.15, -0.1) is 0 Å². The van der Waals surface area contributed by atoms with Gasteiger partial charge in [-0.05, 0) is 96.6 Å². The Kier molecular flexibility index (Phi) is 8.58. The van der Waals surface area contributed by atoms with Gasteiger partial charge in [0.1, 0.15) is 0 Å². The third kappa shape index (κ3) is 6.31. The van der Waals surface area contributed by atoms with Crippen molar-refractivity contribution >= 4 is 21.8 Å². The molecular weight excluding hydrogens is 702 g/mol. The molecule has 7 heteroatoms. The largest absolute Gasteiger partial charge is 0.416 e. The minimum Gasteiger partial charge on any atom is -0.309 e. The van der Waals surface area contributed by atoms with E-state index in [2.05, 4.69) is 67.8 Å². The number of benzene rings is 7. The summed E-state index contributed by atoms with van der Waals surface area (Å²) < 4.78 is 45.0. The molecule has 0 bridgehead atoms. The van der Waals surface area contributed by atoms with E-state index in [1.807, 2.05) is 91.0 Å². The van der Waals surface area contributed by atoms with Gasteiger partial charge in [0.15, 0.2) is 17.5 Å². The van der Waals surface area contributed by atoms with Gasteiger partial charge in [0.2, 0.25) is 0 Å². The molecule has 0 atom stereocenters. The van der Waals surface area contributed by atoms with Gasteiger partial charge in [0.05, 0.1) is 16.6 Å². The lowest BCUT2D eigenvalue weighted by Gasteiger charge is -2.17. The molecule has 9 rings (SSSR count). The highest BCUT2D eigenvalue weighted by Crippen LogP contribution is 2.41. The van der Waals surface area contributed by atoms with E-state index in [1.54, 1.807) is 6.07 Å². The second-order valence-electron chi connectivity index (χ2n) is 14.2. The summed E-state index contributed by atoms with van der Waals surface area (Å²) >= 11 is 0. The molecule has 0 N–H and O–H groups in total. The van der Waals surface area contributed by atoms with Gasteiger partial charge in [-0.3, -0.25) is 0 Å². The van der Waals surface area contributed by atoms with Gasteiger partial charge in [-0.1, -0.05) is 121 Å². The van der Waals surface area contributed by atoms with Gasteiger partial charge in [0, 0.05) is 33.2 Å². The first kappa shape index (κ1) is 34.9. The molecule has 2 heterocycles.